The molecule has 0 aliphatic heterocycles. The third kappa shape index (κ3) is 5.93. The number of sulfone groups is 1. The van der Waals surface area contributed by atoms with Gasteiger partial charge in [-0.1, -0.05) is 26.7 Å². The highest BCUT2D eigenvalue weighted by Crippen LogP contribution is 2.30. The summed E-state index contributed by atoms with van der Waals surface area (Å²) in [5.74, 6) is -0.308. The minimum atomic E-state index is -3.55. The highest BCUT2D eigenvalue weighted by Gasteiger charge is 2.30. The van der Waals surface area contributed by atoms with Crippen molar-refractivity contribution in [3.05, 3.63) is 48.5 Å². The number of anilines is 2. The Morgan fingerprint density at radius 3 is 1.91 bits per heavy atom. The van der Waals surface area contributed by atoms with E-state index in [9.17, 15) is 21.6 Å². The molecule has 10 heteroatoms. The zero-order valence-corrected chi connectivity index (χ0v) is 20.6. The van der Waals surface area contributed by atoms with Crippen molar-refractivity contribution < 1.29 is 21.6 Å². The molecule has 1 amide bonds. The van der Waals surface area contributed by atoms with Crippen LogP contribution < -0.4 is 10.6 Å². The number of rotatable bonds is 10. The van der Waals surface area contributed by atoms with Gasteiger partial charge >= 0.3 is 0 Å². The van der Waals surface area contributed by atoms with Crippen LogP contribution in [0, 0.1) is 0 Å². The van der Waals surface area contributed by atoms with Gasteiger partial charge in [0.25, 0.3) is 0 Å². The largest absolute Gasteiger partial charge is 0.376 e. The van der Waals surface area contributed by atoms with Gasteiger partial charge in [-0.3, -0.25) is 4.79 Å². The predicted octanol–water partition coefficient (Wildman–Crippen LogP) is 3.48. The van der Waals surface area contributed by atoms with Crippen LogP contribution in [0.1, 0.15) is 39.5 Å². The fourth-order valence-corrected chi connectivity index (χ4v) is 7.28. The van der Waals surface area contributed by atoms with E-state index in [2.05, 4.69) is 10.6 Å². The molecule has 8 nitrogen and oxygen atoms in total. The second kappa shape index (κ2) is 10.7. The van der Waals surface area contributed by atoms with Crippen LogP contribution in [0.2, 0.25) is 0 Å². The Bertz CT molecular complexity index is 1150. The molecule has 1 fully saturated rings. The number of nitrogens with zero attached hydrogens (tertiary/aromatic N) is 1. The molecule has 0 aromatic heterocycles. The first-order chi connectivity index (χ1) is 15.7. The van der Waals surface area contributed by atoms with Crippen LogP contribution in [0.3, 0.4) is 0 Å². The molecule has 0 spiro atoms. The molecule has 3 rings (SSSR count). The normalized spacial score (nSPS) is 15.0. The van der Waals surface area contributed by atoms with Gasteiger partial charge < -0.3 is 10.6 Å². The van der Waals surface area contributed by atoms with E-state index in [0.717, 1.165) is 12.8 Å². The first kappa shape index (κ1) is 25.2. The first-order valence-electron chi connectivity index (χ1n) is 11.2. The summed E-state index contributed by atoms with van der Waals surface area (Å²) < 4.78 is 51.7. The van der Waals surface area contributed by atoms with E-state index in [-0.39, 0.29) is 22.6 Å². The molecular weight excluding hydrogens is 462 g/mol. The van der Waals surface area contributed by atoms with Crippen molar-refractivity contribution in [3.63, 3.8) is 0 Å². The number of nitrogens with one attached hydrogen (secondary N) is 2. The van der Waals surface area contributed by atoms with Gasteiger partial charge in [0.1, 0.15) is 0 Å². The molecule has 0 saturated heterocycles. The maximum Gasteiger partial charge on any atom is 0.243 e. The number of benzene rings is 2. The lowest BCUT2D eigenvalue weighted by molar-refractivity contribution is -0.114. The van der Waals surface area contributed by atoms with Gasteiger partial charge in [-0.15, -0.1) is 0 Å². The second-order valence-electron chi connectivity index (χ2n) is 7.99. The standard InChI is InChI=1S/C23H31N3O5S2/c1-3-26(4-2)33(30,31)22-15-11-19(12-16-22)25-23(27)17-24-18-9-13-21(14-10-18)32(28,29)20-7-5-6-8-20/h9-16,20,24H,3-8,17H2,1-2H3,(H,25,27). The molecule has 0 radical (unpaired) electrons. The average Bonchev–Trinajstić information content (AvgIpc) is 3.35. The van der Waals surface area contributed by atoms with Gasteiger partial charge in [-0.25, -0.2) is 16.8 Å². The van der Waals surface area contributed by atoms with Gasteiger partial charge in [0, 0.05) is 24.5 Å². The third-order valence-electron chi connectivity index (χ3n) is 5.86. The van der Waals surface area contributed by atoms with Crippen LogP contribution in [0.15, 0.2) is 58.3 Å². The van der Waals surface area contributed by atoms with Crippen molar-refractivity contribution in [2.45, 2.75) is 54.6 Å². The van der Waals surface area contributed by atoms with E-state index in [1.807, 2.05) is 0 Å². The quantitative estimate of drug-likeness (QED) is 0.524. The number of hydrogen-bond donors (Lipinski definition) is 2. The third-order valence-corrected chi connectivity index (χ3v) is 10.2. The highest BCUT2D eigenvalue weighted by atomic mass is 32.2. The minimum absolute atomic E-state index is 0.0196. The second-order valence-corrected chi connectivity index (χ2v) is 12.2. The van der Waals surface area contributed by atoms with Gasteiger partial charge in [-0.05, 0) is 61.4 Å². The predicted molar refractivity (Wildman–Crippen MR) is 130 cm³/mol. The summed E-state index contributed by atoms with van der Waals surface area (Å²) in [5, 5.41) is 5.39. The van der Waals surface area contributed by atoms with Gasteiger partial charge in [-0.2, -0.15) is 4.31 Å². The molecule has 1 aliphatic rings. The van der Waals surface area contributed by atoms with Crippen molar-refractivity contribution in [2.75, 3.05) is 30.3 Å². The fourth-order valence-electron chi connectivity index (χ4n) is 3.96. The molecule has 2 aromatic carbocycles. The van der Waals surface area contributed by atoms with Crippen molar-refractivity contribution in [3.8, 4) is 0 Å². The van der Waals surface area contributed by atoms with Crippen LogP contribution in [-0.4, -0.2) is 51.9 Å². The summed E-state index contributed by atoms with van der Waals surface area (Å²) in [4.78, 5) is 12.8. The summed E-state index contributed by atoms with van der Waals surface area (Å²) in [5.41, 5.74) is 1.12. The van der Waals surface area contributed by atoms with Crippen molar-refractivity contribution in [1.82, 2.24) is 4.31 Å². The molecule has 0 bridgehead atoms. The van der Waals surface area contributed by atoms with Crippen molar-refractivity contribution in [2.24, 2.45) is 0 Å². The maximum absolute atomic E-state index is 12.6. The van der Waals surface area contributed by atoms with E-state index in [4.69, 9.17) is 0 Å². The first-order valence-corrected chi connectivity index (χ1v) is 14.1. The molecule has 0 heterocycles. The van der Waals surface area contributed by atoms with E-state index < -0.39 is 19.9 Å². The lowest BCUT2D eigenvalue weighted by Crippen LogP contribution is -2.30. The summed E-state index contributed by atoms with van der Waals surface area (Å²) >= 11 is 0. The average molecular weight is 494 g/mol. The minimum Gasteiger partial charge on any atom is -0.376 e. The monoisotopic (exact) mass is 493 g/mol. The Morgan fingerprint density at radius 1 is 0.848 bits per heavy atom. The molecule has 1 saturated carbocycles. The number of hydrogen-bond acceptors (Lipinski definition) is 6. The Balaban J connectivity index is 1.55. The number of amides is 1. The SMILES string of the molecule is CCN(CC)S(=O)(=O)c1ccc(NC(=O)CNc2ccc(S(=O)(=O)C3CCCC3)cc2)cc1. The van der Waals surface area contributed by atoms with Crippen molar-refractivity contribution >= 4 is 37.1 Å². The van der Waals surface area contributed by atoms with Gasteiger partial charge in [0.05, 0.1) is 21.6 Å². The van der Waals surface area contributed by atoms with Crippen LogP contribution >= 0.6 is 0 Å². The number of sulfonamides is 1. The summed E-state index contributed by atoms with van der Waals surface area (Å²) in [6.45, 7) is 4.32. The molecular formula is C23H31N3O5S2. The number of carbonyl (C=O) groups excluding carboxylic acids is 1. The zero-order valence-electron chi connectivity index (χ0n) is 19.0. The molecule has 0 unspecified atom stereocenters. The van der Waals surface area contributed by atoms with E-state index >= 15 is 0 Å². The molecule has 180 valence electrons. The molecule has 2 N–H and O–H groups in total. The van der Waals surface area contributed by atoms with Crippen LogP contribution in [0.25, 0.3) is 0 Å². The fraction of sp³-hybridized carbons (Fsp3) is 0.435. The Kier molecular flexibility index (Phi) is 8.14. The Labute approximate surface area is 196 Å². The van der Waals surface area contributed by atoms with E-state index in [1.54, 1.807) is 50.2 Å². The summed E-state index contributed by atoms with van der Waals surface area (Å²) in [6.07, 6.45) is 3.33. The lowest BCUT2D eigenvalue weighted by atomic mass is 10.3. The van der Waals surface area contributed by atoms with Crippen LogP contribution in [-0.2, 0) is 24.7 Å². The lowest BCUT2D eigenvalue weighted by Gasteiger charge is -2.18. The summed E-state index contributed by atoms with van der Waals surface area (Å²) in [7, 11) is -6.85. The Morgan fingerprint density at radius 2 is 1.36 bits per heavy atom. The molecule has 2 aromatic rings. The molecule has 0 atom stereocenters. The molecule has 33 heavy (non-hydrogen) atoms. The van der Waals surface area contributed by atoms with Crippen molar-refractivity contribution in [1.29, 1.82) is 0 Å². The van der Waals surface area contributed by atoms with Gasteiger partial charge in [0.15, 0.2) is 9.84 Å². The molecule has 1 aliphatic carbocycles. The summed E-state index contributed by atoms with van der Waals surface area (Å²) in [6, 6.07) is 12.5. The zero-order chi connectivity index (χ0) is 24.1. The van der Waals surface area contributed by atoms with Crippen LogP contribution in [0.4, 0.5) is 11.4 Å². The van der Waals surface area contributed by atoms with E-state index in [1.165, 1.54) is 16.4 Å². The Hall–Kier alpha value is -2.43. The van der Waals surface area contributed by atoms with Gasteiger partial charge in [0.2, 0.25) is 15.9 Å². The van der Waals surface area contributed by atoms with Crippen LogP contribution in [0.5, 0.6) is 0 Å². The van der Waals surface area contributed by atoms with E-state index in [0.29, 0.717) is 42.2 Å². The number of carbonyl (C=O) groups is 1. The maximum atomic E-state index is 12.6. The topological polar surface area (TPSA) is 113 Å². The highest BCUT2D eigenvalue weighted by molar-refractivity contribution is 7.92. The smallest absolute Gasteiger partial charge is 0.243 e.